The number of hydrogen-bond acceptors (Lipinski definition) is 1. The molecule has 0 heterocycles. The zero-order valence-corrected chi connectivity index (χ0v) is 11.9. The topological polar surface area (TPSA) is 12.0 Å². The lowest BCUT2D eigenvalue weighted by molar-refractivity contribution is 0.558. The third-order valence-electron chi connectivity index (χ3n) is 2.72. The van der Waals surface area contributed by atoms with Gasteiger partial charge in [-0.25, -0.2) is 0 Å². The van der Waals surface area contributed by atoms with Gasteiger partial charge in [-0.05, 0) is 38.0 Å². The predicted octanol–water partition coefficient (Wildman–Crippen LogP) is 3.98. The molecule has 0 aromatic carbocycles. The van der Waals surface area contributed by atoms with Crippen molar-refractivity contribution >= 4 is 9.24 Å². The van der Waals surface area contributed by atoms with Crippen LogP contribution in [0.5, 0.6) is 0 Å². The number of hydrogen-bond donors (Lipinski definition) is 1. The van der Waals surface area contributed by atoms with Gasteiger partial charge in [-0.3, -0.25) is 0 Å². The highest BCUT2D eigenvalue weighted by molar-refractivity contribution is 7.17. The maximum atomic E-state index is 3.52. The fourth-order valence-corrected chi connectivity index (χ4v) is 1.93. The van der Waals surface area contributed by atoms with Gasteiger partial charge in [0, 0.05) is 0 Å². The normalized spacial score (nSPS) is 13.0. The molecule has 0 spiro atoms. The van der Waals surface area contributed by atoms with Gasteiger partial charge in [0.25, 0.3) is 0 Å². The van der Waals surface area contributed by atoms with Crippen LogP contribution in [-0.4, -0.2) is 18.7 Å². The molecule has 0 aromatic rings. The van der Waals surface area contributed by atoms with E-state index < -0.39 is 0 Å². The molecule has 92 valence electrons. The summed E-state index contributed by atoms with van der Waals surface area (Å²) >= 11 is 0. The average Bonchev–Trinajstić information content (AvgIpc) is 2.20. The summed E-state index contributed by atoms with van der Waals surface area (Å²) in [6.45, 7) is 6.98. The van der Waals surface area contributed by atoms with Crippen LogP contribution >= 0.6 is 9.24 Å². The molecule has 0 aliphatic rings. The highest BCUT2D eigenvalue weighted by atomic mass is 31.0. The zero-order chi connectivity index (χ0) is 11.4. The first-order chi connectivity index (χ1) is 7.27. The zero-order valence-electron chi connectivity index (χ0n) is 10.7. The molecule has 0 rings (SSSR count). The van der Waals surface area contributed by atoms with Gasteiger partial charge in [0.1, 0.15) is 0 Å². The van der Waals surface area contributed by atoms with E-state index in [9.17, 15) is 0 Å². The van der Waals surface area contributed by atoms with E-state index in [-0.39, 0.29) is 0 Å². The number of nitrogens with one attached hydrogen (secondary N) is 1. The predicted molar refractivity (Wildman–Crippen MR) is 74.7 cm³/mol. The Kier molecular flexibility index (Phi) is 12.8. The van der Waals surface area contributed by atoms with Crippen molar-refractivity contribution in [1.29, 1.82) is 0 Å². The van der Waals surface area contributed by atoms with Crippen LogP contribution in [0.1, 0.15) is 65.2 Å². The van der Waals surface area contributed by atoms with Gasteiger partial charge < -0.3 is 5.32 Å². The fraction of sp³-hybridized carbons (Fsp3) is 1.00. The van der Waals surface area contributed by atoms with Crippen molar-refractivity contribution in [3.05, 3.63) is 0 Å². The van der Waals surface area contributed by atoms with Gasteiger partial charge in [0.05, 0.1) is 0 Å². The molecule has 0 bridgehead atoms. The van der Waals surface area contributed by atoms with Crippen LogP contribution in [0.25, 0.3) is 0 Å². The van der Waals surface area contributed by atoms with E-state index >= 15 is 0 Å². The second-order valence-corrected chi connectivity index (χ2v) is 5.78. The summed E-state index contributed by atoms with van der Waals surface area (Å²) < 4.78 is 0. The molecule has 2 atom stereocenters. The van der Waals surface area contributed by atoms with Crippen molar-refractivity contribution in [3.8, 4) is 0 Å². The minimum absolute atomic E-state index is 0.803. The van der Waals surface area contributed by atoms with Crippen LogP contribution in [0.15, 0.2) is 0 Å². The summed E-state index contributed by atoms with van der Waals surface area (Å²) in [5.74, 6) is 0. The SMILES string of the molecule is CCCCCNCCCCCCC(C)P. The number of rotatable bonds is 11. The molecule has 0 saturated heterocycles. The lowest BCUT2D eigenvalue weighted by Gasteiger charge is -2.05. The standard InChI is InChI=1S/C13H30NP/c1-3-4-8-11-14-12-9-6-5-7-10-13(2)15/h13-14H,3-12,15H2,1-2H3. The Labute approximate surface area is 99.0 Å². The molecule has 0 radical (unpaired) electrons. The van der Waals surface area contributed by atoms with Crippen LogP contribution < -0.4 is 5.32 Å². The summed E-state index contributed by atoms with van der Waals surface area (Å²) in [5, 5.41) is 3.52. The summed E-state index contributed by atoms with van der Waals surface area (Å²) in [5.41, 5.74) is 0.803. The fourth-order valence-electron chi connectivity index (χ4n) is 1.69. The van der Waals surface area contributed by atoms with Crippen molar-refractivity contribution in [2.24, 2.45) is 0 Å². The summed E-state index contributed by atoms with van der Waals surface area (Å²) in [6, 6.07) is 0. The number of unbranched alkanes of at least 4 members (excludes halogenated alkanes) is 5. The molecular weight excluding hydrogens is 201 g/mol. The first kappa shape index (κ1) is 15.4. The van der Waals surface area contributed by atoms with Crippen molar-refractivity contribution in [3.63, 3.8) is 0 Å². The molecule has 0 aliphatic carbocycles. The maximum Gasteiger partial charge on any atom is -0.00489 e. The van der Waals surface area contributed by atoms with E-state index in [1.165, 1.54) is 64.5 Å². The van der Waals surface area contributed by atoms with Crippen LogP contribution in [0.2, 0.25) is 0 Å². The molecular formula is C13H30NP. The molecule has 15 heavy (non-hydrogen) atoms. The summed E-state index contributed by atoms with van der Waals surface area (Å²) in [7, 11) is 2.88. The van der Waals surface area contributed by atoms with E-state index in [1.807, 2.05) is 0 Å². The molecule has 0 amide bonds. The van der Waals surface area contributed by atoms with Crippen LogP contribution in [0.3, 0.4) is 0 Å². The Morgan fingerprint density at radius 2 is 1.53 bits per heavy atom. The smallest absolute Gasteiger partial charge is 0.00489 e. The lowest BCUT2D eigenvalue weighted by Crippen LogP contribution is -2.16. The van der Waals surface area contributed by atoms with Gasteiger partial charge in [-0.2, -0.15) is 0 Å². The van der Waals surface area contributed by atoms with Crippen LogP contribution in [-0.2, 0) is 0 Å². The molecule has 0 aliphatic heterocycles. The van der Waals surface area contributed by atoms with Gasteiger partial charge in [0.2, 0.25) is 0 Å². The molecule has 1 N–H and O–H groups in total. The Bertz CT molecular complexity index is 115. The Morgan fingerprint density at radius 3 is 2.13 bits per heavy atom. The molecule has 0 saturated carbocycles. The maximum absolute atomic E-state index is 3.52. The van der Waals surface area contributed by atoms with Gasteiger partial charge >= 0.3 is 0 Å². The lowest BCUT2D eigenvalue weighted by atomic mass is 10.1. The van der Waals surface area contributed by atoms with Crippen molar-refractivity contribution in [2.45, 2.75) is 70.9 Å². The van der Waals surface area contributed by atoms with E-state index in [2.05, 4.69) is 28.4 Å². The Morgan fingerprint density at radius 1 is 0.933 bits per heavy atom. The van der Waals surface area contributed by atoms with Gasteiger partial charge in [0.15, 0.2) is 0 Å². The average molecular weight is 231 g/mol. The highest BCUT2D eigenvalue weighted by Gasteiger charge is 1.94. The molecule has 0 fully saturated rings. The van der Waals surface area contributed by atoms with Gasteiger partial charge in [-0.1, -0.05) is 46.0 Å². The Hall–Kier alpha value is 0.390. The Balaban J connectivity index is 2.87. The third kappa shape index (κ3) is 14.4. The monoisotopic (exact) mass is 231 g/mol. The highest BCUT2D eigenvalue weighted by Crippen LogP contribution is 2.10. The third-order valence-corrected chi connectivity index (χ3v) is 3.05. The molecule has 2 unspecified atom stereocenters. The van der Waals surface area contributed by atoms with Crippen molar-refractivity contribution < 1.29 is 0 Å². The first-order valence-corrected chi connectivity index (χ1v) is 7.40. The molecule has 2 heteroatoms. The minimum atomic E-state index is 0.803. The van der Waals surface area contributed by atoms with Crippen molar-refractivity contribution in [2.75, 3.05) is 13.1 Å². The minimum Gasteiger partial charge on any atom is -0.317 e. The van der Waals surface area contributed by atoms with E-state index in [4.69, 9.17) is 0 Å². The summed E-state index contributed by atoms with van der Waals surface area (Å²) in [6.07, 6.45) is 11.0. The first-order valence-electron chi connectivity index (χ1n) is 6.73. The molecule has 1 nitrogen and oxygen atoms in total. The second-order valence-electron chi connectivity index (χ2n) is 4.64. The summed E-state index contributed by atoms with van der Waals surface area (Å²) in [4.78, 5) is 0. The largest absolute Gasteiger partial charge is 0.317 e. The van der Waals surface area contributed by atoms with E-state index in [0.29, 0.717) is 0 Å². The van der Waals surface area contributed by atoms with Crippen LogP contribution in [0.4, 0.5) is 0 Å². The van der Waals surface area contributed by atoms with Crippen LogP contribution in [0, 0.1) is 0 Å². The van der Waals surface area contributed by atoms with E-state index in [0.717, 1.165) is 5.66 Å². The quantitative estimate of drug-likeness (QED) is 0.419. The van der Waals surface area contributed by atoms with Crippen molar-refractivity contribution in [1.82, 2.24) is 5.32 Å². The van der Waals surface area contributed by atoms with Gasteiger partial charge in [-0.15, -0.1) is 9.24 Å². The van der Waals surface area contributed by atoms with E-state index in [1.54, 1.807) is 0 Å². The second kappa shape index (κ2) is 12.5. The molecule has 0 aromatic heterocycles.